The van der Waals surface area contributed by atoms with E-state index >= 15 is 0 Å². The van der Waals surface area contributed by atoms with E-state index in [0.717, 1.165) is 12.0 Å². The number of carbonyl (C=O) groups is 1. The van der Waals surface area contributed by atoms with Crippen molar-refractivity contribution in [3.8, 4) is 0 Å². The Morgan fingerprint density at radius 2 is 1.57 bits per heavy atom. The van der Waals surface area contributed by atoms with Gasteiger partial charge >= 0.3 is 5.97 Å². The highest BCUT2D eigenvalue weighted by molar-refractivity contribution is 5.93. The molecule has 6 heterocycles. The predicted molar refractivity (Wildman–Crippen MR) is 249 cm³/mol. The zero-order chi connectivity index (χ0) is 49.1. The van der Waals surface area contributed by atoms with Crippen LogP contribution in [0.3, 0.4) is 0 Å². The van der Waals surface area contributed by atoms with Gasteiger partial charge in [0.2, 0.25) is 0 Å². The molecule has 16 heteroatoms. The molecule has 7 aliphatic rings. The maximum absolute atomic E-state index is 14.4. The number of hydrogen-bond donors (Lipinski definition) is 2. The van der Waals surface area contributed by atoms with Crippen molar-refractivity contribution in [2.45, 2.75) is 184 Å². The van der Waals surface area contributed by atoms with Crippen LogP contribution in [0.5, 0.6) is 0 Å². The van der Waals surface area contributed by atoms with Gasteiger partial charge in [0.15, 0.2) is 12.1 Å². The van der Waals surface area contributed by atoms with Gasteiger partial charge in [0, 0.05) is 72.6 Å². The third-order valence-corrected chi connectivity index (χ3v) is 15.5. The van der Waals surface area contributed by atoms with Crippen molar-refractivity contribution in [2.75, 3.05) is 55.4 Å². The Morgan fingerprint density at radius 1 is 0.853 bits per heavy atom. The molecule has 0 saturated carbocycles. The van der Waals surface area contributed by atoms with Crippen LogP contribution >= 0.6 is 0 Å². The monoisotopic (exact) mass is 961 g/mol. The second-order valence-corrected chi connectivity index (χ2v) is 20.2. The van der Waals surface area contributed by atoms with Gasteiger partial charge in [-0.15, -0.1) is 0 Å². The molecule has 1 aliphatic carbocycles. The number of methoxy groups -OCH3 is 5. The lowest BCUT2D eigenvalue weighted by Crippen LogP contribution is -2.62. The Labute approximate surface area is 403 Å². The number of fused-ring (bicyclic) bond motifs is 2. The molecule has 384 valence electrons. The molecule has 2 bridgehead atoms. The molecule has 7 rings (SSSR count). The summed E-state index contributed by atoms with van der Waals surface area (Å²) in [5, 5.41) is 23.8. The third-order valence-electron chi connectivity index (χ3n) is 15.5. The van der Waals surface area contributed by atoms with Gasteiger partial charge in [-0.2, -0.15) is 0 Å². The summed E-state index contributed by atoms with van der Waals surface area (Å²) < 4.78 is 82.0. The number of hydrogen-bond acceptors (Lipinski definition) is 16. The highest BCUT2D eigenvalue weighted by Gasteiger charge is 2.59. The number of aliphatic hydroxyl groups excluding tert-OH is 1. The van der Waals surface area contributed by atoms with E-state index in [9.17, 15) is 15.0 Å². The van der Waals surface area contributed by atoms with Crippen molar-refractivity contribution in [1.82, 2.24) is 0 Å². The van der Waals surface area contributed by atoms with Crippen LogP contribution in [-0.4, -0.2) is 175 Å². The average Bonchev–Trinajstić information content (AvgIpc) is 3.66. The smallest absolute Gasteiger partial charge is 0.337 e. The van der Waals surface area contributed by atoms with E-state index in [-0.39, 0.29) is 55.2 Å². The maximum atomic E-state index is 14.4. The minimum Gasteiger partial charge on any atom is -0.459 e. The summed E-state index contributed by atoms with van der Waals surface area (Å²) in [5.74, 6) is -2.02. The number of rotatable bonds is 13. The molecule has 21 atom stereocenters. The summed E-state index contributed by atoms with van der Waals surface area (Å²) in [5.41, 5.74) is -0.438. The van der Waals surface area contributed by atoms with Crippen LogP contribution in [0.2, 0.25) is 0 Å². The van der Waals surface area contributed by atoms with Crippen LogP contribution in [0.4, 0.5) is 0 Å². The molecular formula is C52H80O16. The van der Waals surface area contributed by atoms with E-state index in [4.69, 9.17) is 61.6 Å². The maximum Gasteiger partial charge on any atom is 0.337 e. The zero-order valence-corrected chi connectivity index (χ0v) is 42.3. The van der Waals surface area contributed by atoms with E-state index in [1.54, 1.807) is 54.6 Å². The Hall–Kier alpha value is -2.39. The molecule has 0 radical (unpaired) electrons. The minimum atomic E-state index is -1.91. The van der Waals surface area contributed by atoms with Crippen LogP contribution in [0.15, 0.2) is 59.3 Å². The number of esters is 1. The van der Waals surface area contributed by atoms with Gasteiger partial charge in [-0.25, -0.2) is 4.79 Å². The number of ether oxygens (including phenoxy) is 13. The summed E-state index contributed by atoms with van der Waals surface area (Å²) >= 11 is 0. The molecule has 0 aromatic rings. The fourth-order valence-electron chi connectivity index (χ4n) is 11.5. The molecule has 6 aliphatic heterocycles. The summed E-state index contributed by atoms with van der Waals surface area (Å²) in [7, 11) is 8.15. The van der Waals surface area contributed by atoms with Crippen molar-refractivity contribution < 1.29 is 76.6 Å². The van der Waals surface area contributed by atoms with E-state index in [1.165, 1.54) is 0 Å². The van der Waals surface area contributed by atoms with Crippen LogP contribution < -0.4 is 0 Å². The lowest BCUT2D eigenvalue weighted by Gasteiger charge is -2.48. The van der Waals surface area contributed by atoms with Crippen molar-refractivity contribution in [1.29, 1.82) is 0 Å². The standard InChI is InChI=1S/C52H80O16/c1-13-28(2)44-31(5)19-20-51(68-44)24-36-22-35(67-51)18-17-30(4)43(29(3)15-14-16-34-25-62-49-42(53)32(6)21-37(50(54)64-36)52(34,49)55)66-41-23-38(57-9)45(33(7)63-41)61-27-40-47(59-11)48(60-12)46(58-10)39(65-40)26-56-8/h14-17,19-21,28-29,31-33,35-36,38-49,53,55H,13,18,22-27H2,1-12H3/b15-14+,30-17+,34-16+/t28-,29-,31-,32-,33-,35+,36-,38-,39+,40+,41-,42+,43-,44?,45-,46-,47-,48-,49+,51+,52+/m0/s1. The van der Waals surface area contributed by atoms with Gasteiger partial charge in [0.05, 0.1) is 62.0 Å². The summed E-state index contributed by atoms with van der Waals surface area (Å²) in [6.07, 6.45) is 8.23. The molecule has 4 saturated heterocycles. The number of aliphatic hydroxyl groups is 2. The first kappa shape index (κ1) is 53.4. The lowest BCUT2D eigenvalue weighted by molar-refractivity contribution is -0.299. The zero-order valence-electron chi connectivity index (χ0n) is 42.3. The van der Waals surface area contributed by atoms with Crippen LogP contribution in [-0.2, 0) is 66.4 Å². The minimum absolute atomic E-state index is 0.0201. The molecule has 16 nitrogen and oxygen atoms in total. The Bertz CT molecular complexity index is 1850. The fraction of sp³-hybridized carbons (Fsp3) is 0.788. The van der Waals surface area contributed by atoms with E-state index in [2.05, 4.69) is 39.8 Å². The normalized spacial score (nSPS) is 47.0. The number of allylic oxidation sites excluding steroid dienone is 2. The summed E-state index contributed by atoms with van der Waals surface area (Å²) in [6.45, 7) is 14.9. The second-order valence-electron chi connectivity index (χ2n) is 20.2. The fourth-order valence-corrected chi connectivity index (χ4v) is 11.5. The number of carbonyl (C=O) groups excluding carboxylic acids is 1. The Balaban J connectivity index is 1.15. The summed E-state index contributed by atoms with van der Waals surface area (Å²) in [6, 6.07) is 0. The van der Waals surface area contributed by atoms with Crippen LogP contribution in [0.1, 0.15) is 80.6 Å². The van der Waals surface area contributed by atoms with Crippen LogP contribution in [0, 0.1) is 23.7 Å². The second kappa shape index (κ2) is 23.0. The molecule has 4 fully saturated rings. The van der Waals surface area contributed by atoms with Crippen molar-refractivity contribution in [3.63, 3.8) is 0 Å². The molecule has 68 heavy (non-hydrogen) atoms. The van der Waals surface area contributed by atoms with Crippen molar-refractivity contribution in [3.05, 3.63) is 59.3 Å². The molecule has 1 spiro atoms. The SMILES string of the molecule is CC[C@H](C)C1O[C@]2(C=C[C@@H]1C)C[C@@H]1C[C@@H](C/C=C(\C)[C@@H](O[C@H]3C[C@H](OC)[C@@H](OC[C@H]4O[C@H](COC)[C@H](OC)[C@H](OC)[C@H]4OC)[C@H](C)O3)[C@@H](C)/C=C/C=C3\CO[C@@H]4[C@H](O)[C@@H](C)C=C(C(=O)O1)[C@]34O)O2. The summed E-state index contributed by atoms with van der Waals surface area (Å²) in [4.78, 5) is 14.4. The predicted octanol–water partition coefficient (Wildman–Crippen LogP) is 5.33. The Morgan fingerprint density at radius 3 is 2.25 bits per heavy atom. The van der Waals surface area contributed by atoms with E-state index < -0.39 is 103 Å². The van der Waals surface area contributed by atoms with Gasteiger partial charge in [0.25, 0.3) is 0 Å². The molecular weight excluding hydrogens is 881 g/mol. The quantitative estimate of drug-likeness (QED) is 0.179. The van der Waals surface area contributed by atoms with Gasteiger partial charge in [-0.05, 0) is 43.4 Å². The van der Waals surface area contributed by atoms with E-state index in [0.29, 0.717) is 31.4 Å². The van der Waals surface area contributed by atoms with E-state index in [1.807, 2.05) is 32.1 Å². The first-order chi connectivity index (χ1) is 32.5. The molecule has 0 amide bonds. The molecule has 0 aromatic heterocycles. The van der Waals surface area contributed by atoms with Crippen LogP contribution in [0.25, 0.3) is 0 Å². The first-order valence-electron chi connectivity index (χ1n) is 24.8. The van der Waals surface area contributed by atoms with Crippen molar-refractivity contribution >= 4 is 5.97 Å². The molecule has 0 aromatic carbocycles. The van der Waals surface area contributed by atoms with Gasteiger partial charge in [-0.1, -0.05) is 77.5 Å². The third kappa shape index (κ3) is 11.0. The van der Waals surface area contributed by atoms with Crippen molar-refractivity contribution in [2.24, 2.45) is 23.7 Å². The molecule has 2 N–H and O–H groups in total. The molecule has 1 unspecified atom stereocenters. The van der Waals surface area contributed by atoms with Gasteiger partial charge in [-0.3, -0.25) is 0 Å². The van der Waals surface area contributed by atoms with Gasteiger partial charge < -0.3 is 71.8 Å². The highest BCUT2D eigenvalue weighted by Crippen LogP contribution is 2.47. The highest BCUT2D eigenvalue weighted by atomic mass is 16.7. The lowest BCUT2D eigenvalue weighted by atomic mass is 9.72. The first-order valence-corrected chi connectivity index (χ1v) is 24.8. The largest absolute Gasteiger partial charge is 0.459 e. The van der Waals surface area contributed by atoms with Gasteiger partial charge in [0.1, 0.15) is 54.4 Å². The Kier molecular flexibility index (Phi) is 18.1. The topological polar surface area (TPSA) is 178 Å². The average molecular weight is 961 g/mol.